The number of hydrogen-bond donors (Lipinski definition) is 0. The standard InChI is InChI=1S/C60H49N5/c1-58(2)29-30-59(3,4)49-34-51-44(33-48(49)58)43-32-45-53(64(39-20-11-8-12-21-39)50-28-26-36-17-13-14-22-40(36)54(45)50)35-52(43)65(51)57-62-55(37-18-9-7-10-19-37)61-56(63-57)38-25-27-47-42(31-38)41-23-15-16-24-46(41)60(47,5)6/h7-28,31-35H,29-30H2,1-6H3. The number of fused-ring (bicyclic) bond motifs is 12. The van der Waals surface area contributed by atoms with E-state index in [1.165, 1.54) is 71.2 Å². The summed E-state index contributed by atoms with van der Waals surface area (Å²) in [7, 11) is 0. The molecule has 5 nitrogen and oxygen atoms in total. The second-order valence-electron chi connectivity index (χ2n) is 20.3. The molecule has 2 aliphatic rings. The summed E-state index contributed by atoms with van der Waals surface area (Å²) in [6.45, 7) is 14.3. The molecule has 0 saturated heterocycles. The molecule has 0 aliphatic heterocycles. The van der Waals surface area contributed by atoms with Crippen molar-refractivity contribution in [3.05, 3.63) is 186 Å². The van der Waals surface area contributed by atoms with Crippen LogP contribution in [-0.4, -0.2) is 24.1 Å². The lowest BCUT2D eigenvalue weighted by Gasteiger charge is -2.42. The highest BCUT2D eigenvalue weighted by atomic mass is 15.2. The Kier molecular flexibility index (Phi) is 7.82. The van der Waals surface area contributed by atoms with Gasteiger partial charge in [-0.15, -0.1) is 0 Å². The van der Waals surface area contributed by atoms with Crippen molar-refractivity contribution in [2.45, 2.75) is 70.6 Å². The molecule has 3 aromatic heterocycles. The Labute approximate surface area is 379 Å². The van der Waals surface area contributed by atoms with Gasteiger partial charge in [0.1, 0.15) is 0 Å². The summed E-state index contributed by atoms with van der Waals surface area (Å²) < 4.78 is 4.78. The fourth-order valence-corrected chi connectivity index (χ4v) is 11.6. The lowest BCUT2D eigenvalue weighted by molar-refractivity contribution is 0.332. The van der Waals surface area contributed by atoms with Crippen molar-refractivity contribution in [3.8, 4) is 45.5 Å². The van der Waals surface area contributed by atoms with Gasteiger partial charge in [-0.25, -0.2) is 4.98 Å². The minimum atomic E-state index is -0.103. The highest BCUT2D eigenvalue weighted by Gasteiger charge is 2.39. The topological polar surface area (TPSA) is 48.5 Å². The van der Waals surface area contributed by atoms with E-state index >= 15 is 0 Å². The van der Waals surface area contributed by atoms with Crippen LogP contribution in [0.2, 0.25) is 0 Å². The second kappa shape index (κ2) is 13.3. The number of hydrogen-bond acceptors (Lipinski definition) is 3. The number of aromatic nitrogens is 5. The number of rotatable bonds is 4. The van der Waals surface area contributed by atoms with Crippen LogP contribution in [0, 0.1) is 0 Å². The molecule has 13 rings (SSSR count). The van der Waals surface area contributed by atoms with E-state index in [1.807, 2.05) is 6.07 Å². The van der Waals surface area contributed by atoms with Crippen LogP contribution in [0.15, 0.2) is 164 Å². The Morgan fingerprint density at radius 1 is 0.400 bits per heavy atom. The molecule has 0 atom stereocenters. The third-order valence-electron chi connectivity index (χ3n) is 15.2. The molecule has 0 radical (unpaired) electrons. The predicted octanol–water partition coefficient (Wildman–Crippen LogP) is 15.2. The molecule has 0 fully saturated rings. The van der Waals surface area contributed by atoms with Gasteiger partial charge in [-0.05, 0) is 116 Å². The Bertz CT molecular complexity index is 3790. The van der Waals surface area contributed by atoms with Gasteiger partial charge < -0.3 is 4.57 Å². The zero-order valence-corrected chi connectivity index (χ0v) is 37.7. The molecular formula is C60H49N5. The van der Waals surface area contributed by atoms with Gasteiger partial charge in [0.2, 0.25) is 5.95 Å². The maximum Gasteiger partial charge on any atom is 0.238 e. The van der Waals surface area contributed by atoms with E-state index in [4.69, 9.17) is 15.0 Å². The first kappa shape index (κ1) is 38.1. The van der Waals surface area contributed by atoms with Gasteiger partial charge in [0, 0.05) is 43.8 Å². The Morgan fingerprint density at radius 2 is 1.02 bits per heavy atom. The van der Waals surface area contributed by atoms with Crippen LogP contribution in [0.25, 0.3) is 99.9 Å². The Hall–Kier alpha value is -7.37. The van der Waals surface area contributed by atoms with Gasteiger partial charge in [0.25, 0.3) is 0 Å². The monoisotopic (exact) mass is 839 g/mol. The van der Waals surface area contributed by atoms with E-state index in [0.717, 1.165) is 46.2 Å². The van der Waals surface area contributed by atoms with E-state index in [1.54, 1.807) is 0 Å². The van der Waals surface area contributed by atoms with Crippen LogP contribution >= 0.6 is 0 Å². The number of para-hydroxylation sites is 1. The molecule has 0 N–H and O–H groups in total. The van der Waals surface area contributed by atoms with Crippen LogP contribution in [0.4, 0.5) is 0 Å². The highest BCUT2D eigenvalue weighted by molar-refractivity contribution is 6.25. The van der Waals surface area contributed by atoms with Gasteiger partial charge >= 0.3 is 0 Å². The Morgan fingerprint density at radius 3 is 1.80 bits per heavy atom. The summed E-state index contributed by atoms with van der Waals surface area (Å²) in [4.78, 5) is 16.3. The first-order valence-corrected chi connectivity index (χ1v) is 23.1. The Balaban J connectivity index is 1.17. The molecule has 0 bridgehead atoms. The van der Waals surface area contributed by atoms with E-state index in [9.17, 15) is 0 Å². The molecule has 3 heterocycles. The van der Waals surface area contributed by atoms with Crippen molar-refractivity contribution in [2.75, 3.05) is 0 Å². The minimum absolute atomic E-state index is 0.00199. The minimum Gasteiger partial charge on any atom is -0.309 e. The second-order valence-corrected chi connectivity index (χ2v) is 20.3. The van der Waals surface area contributed by atoms with Crippen molar-refractivity contribution in [3.63, 3.8) is 0 Å². The van der Waals surface area contributed by atoms with Crippen LogP contribution in [-0.2, 0) is 16.2 Å². The quantitative estimate of drug-likeness (QED) is 0.177. The predicted molar refractivity (Wildman–Crippen MR) is 270 cm³/mol. The van der Waals surface area contributed by atoms with Crippen molar-refractivity contribution in [1.82, 2.24) is 24.1 Å². The van der Waals surface area contributed by atoms with Crippen LogP contribution in [0.3, 0.4) is 0 Å². The highest BCUT2D eigenvalue weighted by Crippen LogP contribution is 2.51. The summed E-state index contributed by atoms with van der Waals surface area (Å²) >= 11 is 0. The normalized spacial score (nSPS) is 15.8. The van der Waals surface area contributed by atoms with Crippen molar-refractivity contribution in [1.29, 1.82) is 0 Å². The van der Waals surface area contributed by atoms with Gasteiger partial charge in [-0.1, -0.05) is 157 Å². The molecule has 65 heavy (non-hydrogen) atoms. The molecule has 5 heteroatoms. The third kappa shape index (κ3) is 5.48. The van der Waals surface area contributed by atoms with E-state index in [-0.39, 0.29) is 16.2 Å². The lowest BCUT2D eigenvalue weighted by Crippen LogP contribution is -2.33. The van der Waals surface area contributed by atoms with E-state index < -0.39 is 0 Å². The maximum absolute atomic E-state index is 5.54. The van der Waals surface area contributed by atoms with E-state index in [2.05, 4.69) is 208 Å². The van der Waals surface area contributed by atoms with Crippen molar-refractivity contribution in [2.24, 2.45) is 0 Å². The molecule has 11 aromatic rings. The first-order valence-electron chi connectivity index (χ1n) is 23.1. The lowest BCUT2D eigenvalue weighted by atomic mass is 9.63. The molecule has 0 unspecified atom stereocenters. The van der Waals surface area contributed by atoms with Gasteiger partial charge in [-0.3, -0.25) is 4.57 Å². The van der Waals surface area contributed by atoms with Gasteiger partial charge in [0.15, 0.2) is 11.6 Å². The SMILES string of the molecule is CC1(C)CCC(C)(C)c2cc3c(cc21)c1cc2c4c5ccccc5ccc4n(-c4ccccc4)c2cc1n3-c1nc(-c2ccccc2)nc(-c2ccc3c(c2)-c2ccccc2C3(C)C)n1. The summed E-state index contributed by atoms with van der Waals surface area (Å²) in [6, 6.07) is 60.0. The fourth-order valence-electron chi connectivity index (χ4n) is 11.6. The van der Waals surface area contributed by atoms with Gasteiger partial charge in [-0.2, -0.15) is 9.97 Å². The summed E-state index contributed by atoms with van der Waals surface area (Å²) in [5, 5.41) is 7.38. The number of nitrogens with zero attached hydrogens (tertiary/aromatic N) is 5. The molecule has 0 amide bonds. The molecule has 0 spiro atoms. The summed E-state index contributed by atoms with van der Waals surface area (Å²) in [5.74, 6) is 1.90. The summed E-state index contributed by atoms with van der Waals surface area (Å²) in [6.07, 6.45) is 2.26. The maximum atomic E-state index is 5.54. The smallest absolute Gasteiger partial charge is 0.238 e. The van der Waals surface area contributed by atoms with Crippen molar-refractivity contribution >= 4 is 54.4 Å². The van der Waals surface area contributed by atoms with Crippen LogP contribution in [0.1, 0.15) is 76.6 Å². The molecule has 0 saturated carbocycles. The van der Waals surface area contributed by atoms with Gasteiger partial charge in [0.05, 0.1) is 22.1 Å². The zero-order chi connectivity index (χ0) is 44.0. The number of benzene rings is 8. The van der Waals surface area contributed by atoms with Crippen LogP contribution < -0.4 is 0 Å². The largest absolute Gasteiger partial charge is 0.309 e. The fraction of sp³-hybridized carbons (Fsp3) is 0.183. The molecule has 8 aromatic carbocycles. The van der Waals surface area contributed by atoms with Crippen LogP contribution in [0.5, 0.6) is 0 Å². The summed E-state index contributed by atoms with van der Waals surface area (Å²) in [5.41, 5.74) is 15.5. The van der Waals surface area contributed by atoms with E-state index in [0.29, 0.717) is 17.6 Å². The molecule has 2 aliphatic carbocycles. The molecule has 314 valence electrons. The van der Waals surface area contributed by atoms with Crippen molar-refractivity contribution < 1.29 is 0 Å². The first-order chi connectivity index (χ1) is 31.5. The average molecular weight is 840 g/mol. The molecular weight excluding hydrogens is 791 g/mol. The zero-order valence-electron chi connectivity index (χ0n) is 37.7. The third-order valence-corrected chi connectivity index (χ3v) is 15.2. The average Bonchev–Trinajstić information content (AvgIpc) is 3.91.